The molecular weight excluding hydrogens is 557 g/mol. The molecule has 0 radical (unpaired) electrons. The maximum absolute atomic E-state index is 14.0. The van der Waals surface area contributed by atoms with Crippen molar-refractivity contribution in [2.45, 2.75) is 51.1 Å². The standard InChI is InChI=1S/C29H33Cl2N3O4S/c1-4-17-32-29(36)27(5-2)33(19-22-9-6-7-12-26(22)31)28(35)20-34(24-11-8-10-23(30)18-24)39(37,38)25-15-13-21(3)14-16-25/h6-16,18,27H,4-5,17,19-20H2,1-3H3,(H,32,36). The number of anilines is 1. The Morgan fingerprint density at radius 2 is 1.64 bits per heavy atom. The number of nitrogens with zero attached hydrogens (tertiary/aromatic N) is 2. The summed E-state index contributed by atoms with van der Waals surface area (Å²) in [6.45, 7) is 5.55. The highest BCUT2D eigenvalue weighted by Gasteiger charge is 2.34. The van der Waals surface area contributed by atoms with Gasteiger partial charge >= 0.3 is 0 Å². The Labute approximate surface area is 240 Å². The van der Waals surface area contributed by atoms with Gasteiger partial charge in [-0.15, -0.1) is 0 Å². The summed E-state index contributed by atoms with van der Waals surface area (Å²) < 4.78 is 28.7. The Morgan fingerprint density at radius 3 is 2.26 bits per heavy atom. The van der Waals surface area contributed by atoms with Crippen LogP contribution in [0.2, 0.25) is 10.0 Å². The molecule has 2 amide bonds. The summed E-state index contributed by atoms with van der Waals surface area (Å²) in [5, 5.41) is 3.62. The number of aryl methyl sites for hydroxylation is 1. The zero-order valence-corrected chi connectivity index (χ0v) is 24.6. The van der Waals surface area contributed by atoms with Crippen molar-refractivity contribution in [3.05, 3.63) is 94.0 Å². The van der Waals surface area contributed by atoms with E-state index in [-0.39, 0.29) is 23.0 Å². The zero-order chi connectivity index (χ0) is 28.6. The van der Waals surface area contributed by atoms with Crippen LogP contribution in [0.5, 0.6) is 0 Å². The highest BCUT2D eigenvalue weighted by molar-refractivity contribution is 7.92. The average Bonchev–Trinajstić information content (AvgIpc) is 2.91. The van der Waals surface area contributed by atoms with Gasteiger partial charge in [0.1, 0.15) is 12.6 Å². The lowest BCUT2D eigenvalue weighted by Gasteiger charge is -2.33. The Hall–Kier alpha value is -3.07. The van der Waals surface area contributed by atoms with E-state index in [9.17, 15) is 18.0 Å². The fourth-order valence-corrected chi connectivity index (χ4v) is 5.88. The van der Waals surface area contributed by atoms with Crippen LogP contribution in [0.15, 0.2) is 77.7 Å². The normalized spacial score (nSPS) is 12.0. The molecule has 0 heterocycles. The van der Waals surface area contributed by atoms with Crippen LogP contribution in [0, 0.1) is 6.92 Å². The van der Waals surface area contributed by atoms with Gasteiger partial charge in [0, 0.05) is 23.1 Å². The number of sulfonamides is 1. The number of hydrogen-bond acceptors (Lipinski definition) is 4. The molecule has 3 rings (SSSR count). The van der Waals surface area contributed by atoms with E-state index in [1.54, 1.807) is 61.5 Å². The first kappa shape index (κ1) is 30.5. The molecule has 0 bridgehead atoms. The molecule has 0 aliphatic carbocycles. The quantitative estimate of drug-likeness (QED) is 0.288. The first-order valence-corrected chi connectivity index (χ1v) is 14.9. The van der Waals surface area contributed by atoms with E-state index in [1.807, 2.05) is 13.8 Å². The average molecular weight is 591 g/mol. The van der Waals surface area contributed by atoms with E-state index in [0.29, 0.717) is 28.6 Å². The Kier molecular flexibility index (Phi) is 10.8. The molecule has 0 saturated carbocycles. The molecule has 0 saturated heterocycles. The van der Waals surface area contributed by atoms with E-state index in [1.165, 1.54) is 23.1 Å². The summed E-state index contributed by atoms with van der Waals surface area (Å²) in [6.07, 6.45) is 1.06. The molecule has 1 unspecified atom stereocenters. The van der Waals surface area contributed by atoms with Crippen molar-refractivity contribution < 1.29 is 18.0 Å². The topological polar surface area (TPSA) is 86.8 Å². The third-order valence-electron chi connectivity index (χ3n) is 6.22. The van der Waals surface area contributed by atoms with Crippen molar-refractivity contribution in [3.63, 3.8) is 0 Å². The molecule has 0 spiro atoms. The molecule has 0 aromatic heterocycles. The monoisotopic (exact) mass is 589 g/mol. The number of halogens is 2. The third kappa shape index (κ3) is 7.75. The second kappa shape index (κ2) is 13.8. The smallest absolute Gasteiger partial charge is 0.264 e. The van der Waals surface area contributed by atoms with Crippen LogP contribution in [0.4, 0.5) is 5.69 Å². The van der Waals surface area contributed by atoms with Crippen molar-refractivity contribution in [1.82, 2.24) is 10.2 Å². The van der Waals surface area contributed by atoms with Gasteiger partial charge in [0.2, 0.25) is 11.8 Å². The van der Waals surface area contributed by atoms with Gasteiger partial charge in [-0.3, -0.25) is 13.9 Å². The maximum Gasteiger partial charge on any atom is 0.264 e. The fourth-order valence-electron chi connectivity index (χ4n) is 4.09. The zero-order valence-electron chi connectivity index (χ0n) is 22.2. The number of benzene rings is 3. The van der Waals surface area contributed by atoms with E-state index in [0.717, 1.165) is 16.3 Å². The molecule has 0 aliphatic rings. The Balaban J connectivity index is 2.06. The molecule has 1 atom stereocenters. The van der Waals surface area contributed by atoms with Crippen LogP contribution < -0.4 is 9.62 Å². The van der Waals surface area contributed by atoms with Gasteiger partial charge in [0.05, 0.1) is 10.6 Å². The van der Waals surface area contributed by atoms with Crippen molar-refractivity contribution in [1.29, 1.82) is 0 Å². The number of carbonyl (C=O) groups excluding carboxylic acids is 2. The van der Waals surface area contributed by atoms with Crippen LogP contribution in [0.25, 0.3) is 0 Å². The fraction of sp³-hybridized carbons (Fsp3) is 0.310. The van der Waals surface area contributed by atoms with E-state index < -0.39 is 28.5 Å². The van der Waals surface area contributed by atoms with Crippen molar-refractivity contribution in [2.24, 2.45) is 0 Å². The second-order valence-electron chi connectivity index (χ2n) is 9.13. The van der Waals surface area contributed by atoms with E-state index in [2.05, 4.69) is 5.32 Å². The van der Waals surface area contributed by atoms with Gasteiger partial charge in [0.15, 0.2) is 0 Å². The Bertz CT molecular complexity index is 1400. The second-order valence-corrected chi connectivity index (χ2v) is 11.8. The predicted molar refractivity (Wildman–Crippen MR) is 157 cm³/mol. The number of nitrogens with one attached hydrogen (secondary N) is 1. The first-order chi connectivity index (χ1) is 18.6. The van der Waals surface area contributed by atoms with Gasteiger partial charge in [-0.05, 0) is 61.7 Å². The molecule has 0 fully saturated rings. The molecule has 10 heteroatoms. The van der Waals surface area contributed by atoms with Crippen LogP contribution in [-0.4, -0.2) is 44.3 Å². The number of carbonyl (C=O) groups is 2. The minimum absolute atomic E-state index is 0.0323. The lowest BCUT2D eigenvalue weighted by Crippen LogP contribution is -2.52. The van der Waals surface area contributed by atoms with Crippen LogP contribution in [0.1, 0.15) is 37.8 Å². The van der Waals surface area contributed by atoms with Gasteiger partial charge in [-0.1, -0.05) is 79.0 Å². The molecule has 7 nitrogen and oxygen atoms in total. The molecule has 3 aromatic rings. The number of hydrogen-bond donors (Lipinski definition) is 1. The minimum atomic E-state index is -4.16. The molecule has 0 aliphatic heterocycles. The maximum atomic E-state index is 14.0. The summed E-state index contributed by atoms with van der Waals surface area (Å²) in [5.74, 6) is -0.862. The van der Waals surface area contributed by atoms with Gasteiger partial charge in [0.25, 0.3) is 10.0 Å². The molecule has 39 heavy (non-hydrogen) atoms. The van der Waals surface area contributed by atoms with Gasteiger partial charge in [-0.25, -0.2) is 8.42 Å². The summed E-state index contributed by atoms with van der Waals surface area (Å²) in [7, 11) is -4.16. The molecular formula is C29H33Cl2N3O4S. The summed E-state index contributed by atoms with van der Waals surface area (Å²) in [4.78, 5) is 28.6. The summed E-state index contributed by atoms with van der Waals surface area (Å²) in [5.41, 5.74) is 1.77. The number of rotatable bonds is 12. The third-order valence-corrected chi connectivity index (χ3v) is 8.61. The molecule has 208 valence electrons. The highest BCUT2D eigenvalue weighted by atomic mass is 35.5. The van der Waals surface area contributed by atoms with E-state index >= 15 is 0 Å². The molecule has 3 aromatic carbocycles. The highest BCUT2D eigenvalue weighted by Crippen LogP contribution is 2.27. The minimum Gasteiger partial charge on any atom is -0.354 e. The lowest BCUT2D eigenvalue weighted by atomic mass is 10.1. The van der Waals surface area contributed by atoms with Crippen molar-refractivity contribution >= 4 is 50.7 Å². The SMILES string of the molecule is CCCNC(=O)C(CC)N(Cc1ccccc1Cl)C(=O)CN(c1cccc(Cl)c1)S(=O)(=O)c1ccc(C)cc1. The van der Waals surface area contributed by atoms with Gasteiger partial charge < -0.3 is 10.2 Å². The predicted octanol–water partition coefficient (Wildman–Crippen LogP) is 5.83. The van der Waals surface area contributed by atoms with Crippen molar-refractivity contribution in [3.8, 4) is 0 Å². The summed E-state index contributed by atoms with van der Waals surface area (Å²) in [6, 6.07) is 18.9. The van der Waals surface area contributed by atoms with Crippen LogP contribution in [0.3, 0.4) is 0 Å². The Morgan fingerprint density at radius 1 is 0.949 bits per heavy atom. The van der Waals surface area contributed by atoms with E-state index in [4.69, 9.17) is 23.2 Å². The van der Waals surface area contributed by atoms with Crippen molar-refractivity contribution in [2.75, 3.05) is 17.4 Å². The van der Waals surface area contributed by atoms with Crippen LogP contribution in [-0.2, 0) is 26.2 Å². The number of amides is 2. The molecule has 1 N–H and O–H groups in total. The van der Waals surface area contributed by atoms with Gasteiger partial charge in [-0.2, -0.15) is 0 Å². The largest absolute Gasteiger partial charge is 0.354 e. The summed E-state index contributed by atoms with van der Waals surface area (Å²) >= 11 is 12.6. The van der Waals surface area contributed by atoms with Crippen LogP contribution >= 0.6 is 23.2 Å². The lowest BCUT2D eigenvalue weighted by molar-refractivity contribution is -0.140. The first-order valence-electron chi connectivity index (χ1n) is 12.7.